The lowest BCUT2D eigenvalue weighted by atomic mass is 10.1. The van der Waals surface area contributed by atoms with E-state index in [2.05, 4.69) is 23.0 Å². The minimum Gasteiger partial charge on any atom is -0.494 e. The number of anilines is 1. The Bertz CT molecular complexity index is 863. The molecule has 1 aromatic carbocycles. The largest absolute Gasteiger partial charge is 0.494 e. The number of hydrazine groups is 1. The number of hydrogen-bond donors (Lipinski definition) is 4. The Kier molecular flexibility index (Phi) is 19.5. The van der Waals surface area contributed by atoms with Gasteiger partial charge >= 0.3 is 0 Å². The number of nitrogens with zero attached hydrogens (tertiary/aromatic N) is 1. The van der Waals surface area contributed by atoms with Crippen LogP contribution in [0.25, 0.3) is 0 Å². The Morgan fingerprint density at radius 2 is 1.35 bits per heavy atom. The van der Waals surface area contributed by atoms with Crippen LogP contribution in [0, 0.1) is 0 Å². The molecule has 1 rings (SSSR count). The molecule has 10 nitrogen and oxygen atoms in total. The van der Waals surface area contributed by atoms with E-state index >= 15 is 0 Å². The van der Waals surface area contributed by atoms with E-state index in [1.54, 1.807) is 24.3 Å². The first-order valence-corrected chi connectivity index (χ1v) is 15.0. The highest BCUT2D eigenvalue weighted by Crippen LogP contribution is 2.17. The van der Waals surface area contributed by atoms with E-state index in [0.717, 1.165) is 13.0 Å². The lowest BCUT2D eigenvalue weighted by Gasteiger charge is -2.23. The number of amides is 4. The predicted molar refractivity (Wildman–Crippen MR) is 158 cm³/mol. The number of primary amides is 1. The molecule has 0 aliphatic heterocycles. The lowest BCUT2D eigenvalue weighted by molar-refractivity contribution is -0.132. The first-order chi connectivity index (χ1) is 19.3. The molecule has 1 aromatic rings. The molecule has 0 saturated carbocycles. The monoisotopic (exact) mass is 561 g/mol. The highest BCUT2D eigenvalue weighted by molar-refractivity contribution is 5.87. The molecule has 0 radical (unpaired) electrons. The van der Waals surface area contributed by atoms with Gasteiger partial charge in [0.15, 0.2) is 0 Å². The van der Waals surface area contributed by atoms with Crippen molar-refractivity contribution in [2.45, 2.75) is 104 Å². The molecule has 0 unspecified atom stereocenters. The van der Waals surface area contributed by atoms with Gasteiger partial charge in [0.05, 0.1) is 18.8 Å². The number of carbonyl (C=O) groups is 4. The highest BCUT2D eigenvalue weighted by Gasteiger charge is 2.13. The van der Waals surface area contributed by atoms with Gasteiger partial charge in [0.1, 0.15) is 5.75 Å². The van der Waals surface area contributed by atoms with Crippen LogP contribution in [0.1, 0.15) is 104 Å². The number of likely N-dealkylation sites (N-methyl/N-ethyl adjacent to an activating group) is 1. The summed E-state index contributed by atoms with van der Waals surface area (Å²) in [7, 11) is 0. The molecule has 0 heterocycles. The lowest BCUT2D eigenvalue weighted by Crippen LogP contribution is -2.43. The molecule has 0 bridgehead atoms. The topological polar surface area (TPSA) is 143 Å². The van der Waals surface area contributed by atoms with Crippen LogP contribution in [-0.2, 0) is 19.2 Å². The van der Waals surface area contributed by atoms with Gasteiger partial charge in [0.2, 0.25) is 17.7 Å². The summed E-state index contributed by atoms with van der Waals surface area (Å²) in [6.07, 6.45) is 13.8. The van der Waals surface area contributed by atoms with Crippen molar-refractivity contribution in [2.24, 2.45) is 5.73 Å². The molecular formula is C30H51N5O5. The Balaban J connectivity index is 2.15. The zero-order valence-electron chi connectivity index (χ0n) is 24.6. The SMILES string of the molecule is CCCCCCCCCCCCNC(=O)CCCOc1ccc(NN(CC)C(=O)CNC(=O)CCC(N)=O)cc1. The van der Waals surface area contributed by atoms with Crippen molar-refractivity contribution in [2.75, 3.05) is 31.7 Å². The van der Waals surface area contributed by atoms with Crippen LogP contribution in [0.5, 0.6) is 5.75 Å². The molecule has 0 aliphatic rings. The van der Waals surface area contributed by atoms with Crippen molar-refractivity contribution < 1.29 is 23.9 Å². The minimum atomic E-state index is -0.564. The number of hydrogen-bond acceptors (Lipinski definition) is 6. The smallest absolute Gasteiger partial charge is 0.260 e. The van der Waals surface area contributed by atoms with Gasteiger partial charge in [-0.05, 0) is 44.0 Å². The molecule has 10 heteroatoms. The summed E-state index contributed by atoms with van der Waals surface area (Å²) in [6.45, 7) is 5.43. The predicted octanol–water partition coefficient (Wildman–Crippen LogP) is 4.44. The van der Waals surface area contributed by atoms with Crippen LogP contribution in [0.4, 0.5) is 5.69 Å². The number of benzene rings is 1. The third-order valence-electron chi connectivity index (χ3n) is 6.44. The van der Waals surface area contributed by atoms with E-state index in [9.17, 15) is 19.2 Å². The zero-order chi connectivity index (χ0) is 29.4. The summed E-state index contributed by atoms with van der Waals surface area (Å²) in [6, 6.07) is 7.15. The van der Waals surface area contributed by atoms with E-state index in [4.69, 9.17) is 10.5 Å². The van der Waals surface area contributed by atoms with E-state index in [1.165, 1.54) is 62.8 Å². The standard InChI is InChI=1S/C30H51N5O5/c1-3-5-6-7-8-9-10-11-12-13-22-32-28(37)15-14-23-40-26-18-16-25(17-19-26)34-35(4-2)30(39)24-33-29(38)21-20-27(31)36/h16-19,34H,3-15,20-24H2,1-2H3,(H2,31,36)(H,32,37)(H,33,38). The third-order valence-corrected chi connectivity index (χ3v) is 6.44. The van der Waals surface area contributed by atoms with E-state index in [0.29, 0.717) is 37.4 Å². The number of ether oxygens (including phenoxy) is 1. The van der Waals surface area contributed by atoms with Crippen LogP contribution in [0.15, 0.2) is 24.3 Å². The molecule has 226 valence electrons. The minimum absolute atomic E-state index is 0.0479. The maximum Gasteiger partial charge on any atom is 0.260 e. The summed E-state index contributed by atoms with van der Waals surface area (Å²) in [5, 5.41) is 6.87. The third kappa shape index (κ3) is 18.1. The van der Waals surface area contributed by atoms with E-state index in [-0.39, 0.29) is 31.2 Å². The van der Waals surface area contributed by atoms with Crippen LogP contribution in [0.2, 0.25) is 0 Å². The number of nitrogens with two attached hydrogens (primary N) is 1. The maximum absolute atomic E-state index is 12.4. The maximum atomic E-state index is 12.4. The van der Waals surface area contributed by atoms with Gasteiger partial charge in [-0.15, -0.1) is 0 Å². The molecule has 5 N–H and O–H groups in total. The van der Waals surface area contributed by atoms with Gasteiger partial charge in [-0.3, -0.25) is 29.6 Å². The van der Waals surface area contributed by atoms with Crippen LogP contribution in [0.3, 0.4) is 0 Å². The second-order valence-electron chi connectivity index (χ2n) is 10.0. The summed E-state index contributed by atoms with van der Waals surface area (Å²) < 4.78 is 5.74. The summed E-state index contributed by atoms with van der Waals surface area (Å²) in [5.41, 5.74) is 8.72. The fourth-order valence-electron chi connectivity index (χ4n) is 4.05. The number of carbonyl (C=O) groups excluding carboxylic acids is 4. The number of unbranched alkanes of at least 4 members (excludes halogenated alkanes) is 9. The van der Waals surface area contributed by atoms with Crippen molar-refractivity contribution in [1.82, 2.24) is 15.6 Å². The molecule has 0 atom stereocenters. The number of nitrogens with one attached hydrogen (secondary N) is 3. The second kappa shape index (κ2) is 22.5. The molecule has 0 fully saturated rings. The Morgan fingerprint density at radius 3 is 1.95 bits per heavy atom. The van der Waals surface area contributed by atoms with Crippen LogP contribution in [-0.4, -0.2) is 54.9 Å². The van der Waals surface area contributed by atoms with Gasteiger partial charge < -0.3 is 21.1 Å². The summed E-state index contributed by atoms with van der Waals surface area (Å²) >= 11 is 0. The Labute approximate surface area is 240 Å². The average Bonchev–Trinajstić information content (AvgIpc) is 2.95. The second-order valence-corrected chi connectivity index (χ2v) is 10.0. The molecule has 0 spiro atoms. The van der Waals surface area contributed by atoms with Crippen LogP contribution >= 0.6 is 0 Å². The molecule has 0 saturated heterocycles. The van der Waals surface area contributed by atoms with Crippen molar-refractivity contribution in [3.63, 3.8) is 0 Å². The van der Waals surface area contributed by atoms with Crippen molar-refractivity contribution in [3.05, 3.63) is 24.3 Å². The average molecular weight is 562 g/mol. The molecule has 40 heavy (non-hydrogen) atoms. The van der Waals surface area contributed by atoms with Crippen molar-refractivity contribution in [3.8, 4) is 5.75 Å². The summed E-state index contributed by atoms with van der Waals surface area (Å²) in [4.78, 5) is 46.9. The molecule has 0 aliphatic carbocycles. The fraction of sp³-hybridized carbons (Fsp3) is 0.667. The first kappa shape index (κ1) is 34.7. The Hall–Kier alpha value is -3.30. The first-order valence-electron chi connectivity index (χ1n) is 15.0. The molecular weight excluding hydrogens is 510 g/mol. The fourth-order valence-corrected chi connectivity index (χ4v) is 4.05. The summed E-state index contributed by atoms with van der Waals surface area (Å²) in [5.74, 6) is -0.552. The molecule has 4 amide bonds. The van der Waals surface area contributed by atoms with Crippen molar-refractivity contribution in [1.29, 1.82) is 0 Å². The normalized spacial score (nSPS) is 10.6. The van der Waals surface area contributed by atoms with Gasteiger partial charge in [0, 0.05) is 32.4 Å². The highest BCUT2D eigenvalue weighted by atomic mass is 16.5. The van der Waals surface area contributed by atoms with Gasteiger partial charge in [-0.1, -0.05) is 64.7 Å². The van der Waals surface area contributed by atoms with Gasteiger partial charge in [-0.2, -0.15) is 0 Å². The quantitative estimate of drug-likeness (QED) is 0.109. The van der Waals surface area contributed by atoms with Crippen molar-refractivity contribution >= 4 is 29.3 Å². The van der Waals surface area contributed by atoms with E-state index in [1.807, 2.05) is 6.92 Å². The number of rotatable bonds is 24. The van der Waals surface area contributed by atoms with Crippen LogP contribution < -0.4 is 26.5 Å². The molecule has 0 aromatic heterocycles. The Morgan fingerprint density at radius 1 is 0.750 bits per heavy atom. The zero-order valence-corrected chi connectivity index (χ0v) is 24.6. The van der Waals surface area contributed by atoms with E-state index < -0.39 is 11.8 Å². The van der Waals surface area contributed by atoms with Gasteiger partial charge in [-0.25, -0.2) is 0 Å². The van der Waals surface area contributed by atoms with Gasteiger partial charge in [0.25, 0.3) is 5.91 Å².